The fourth-order valence-electron chi connectivity index (χ4n) is 1.58. The standard InChI is InChI=1S/C17H28/c1-5-7-8-9-10-11-12-13-14-15-17(4)16(3)6-2/h5-6,12,14,16-17H,1-2,7-11,15H2,3-4H3. The molecule has 2 atom stereocenters. The molecule has 0 heteroatoms. The average Bonchev–Trinajstić information content (AvgIpc) is 2.35. The summed E-state index contributed by atoms with van der Waals surface area (Å²) in [6.07, 6.45) is 15.6. The number of hydrogen-bond acceptors (Lipinski definition) is 0. The molecule has 0 saturated carbocycles. The molecule has 0 aromatic rings. The van der Waals surface area contributed by atoms with Gasteiger partial charge in [0.15, 0.2) is 0 Å². The Morgan fingerprint density at radius 2 is 1.71 bits per heavy atom. The quantitative estimate of drug-likeness (QED) is 0.258. The monoisotopic (exact) mass is 232 g/mol. The SMILES string of the molecule is C=CCCCCCC=C=CCC(C)C(C)C=C. The van der Waals surface area contributed by atoms with Crippen LogP contribution in [0.25, 0.3) is 0 Å². The molecule has 96 valence electrons. The van der Waals surface area contributed by atoms with Crippen LogP contribution in [0.3, 0.4) is 0 Å². The van der Waals surface area contributed by atoms with Gasteiger partial charge in [-0.2, -0.15) is 0 Å². The highest BCUT2D eigenvalue weighted by Gasteiger charge is 2.05. The number of allylic oxidation sites excluding steroid dienone is 3. The van der Waals surface area contributed by atoms with Crippen molar-refractivity contribution in [3.63, 3.8) is 0 Å². The van der Waals surface area contributed by atoms with Crippen LogP contribution in [0.1, 0.15) is 52.4 Å². The molecule has 0 fully saturated rings. The van der Waals surface area contributed by atoms with Crippen LogP contribution in [0.2, 0.25) is 0 Å². The van der Waals surface area contributed by atoms with Gasteiger partial charge in [0.2, 0.25) is 0 Å². The van der Waals surface area contributed by atoms with Gasteiger partial charge in [-0.3, -0.25) is 0 Å². The Labute approximate surface area is 108 Å². The van der Waals surface area contributed by atoms with E-state index in [0.717, 1.165) is 19.3 Å². The van der Waals surface area contributed by atoms with Crippen molar-refractivity contribution in [1.29, 1.82) is 0 Å². The molecule has 0 heterocycles. The summed E-state index contributed by atoms with van der Waals surface area (Å²) in [4.78, 5) is 0. The maximum Gasteiger partial charge on any atom is -0.0236 e. The van der Waals surface area contributed by atoms with Gasteiger partial charge in [-0.25, -0.2) is 0 Å². The second-order valence-corrected chi connectivity index (χ2v) is 4.81. The van der Waals surface area contributed by atoms with Gasteiger partial charge in [-0.05, 0) is 56.1 Å². The molecule has 0 amide bonds. The van der Waals surface area contributed by atoms with E-state index < -0.39 is 0 Å². The molecule has 0 bridgehead atoms. The number of hydrogen-bond donors (Lipinski definition) is 0. The molecular formula is C17H28. The third-order valence-corrected chi connectivity index (χ3v) is 3.25. The summed E-state index contributed by atoms with van der Waals surface area (Å²) in [5, 5.41) is 0. The van der Waals surface area contributed by atoms with E-state index in [1.807, 2.05) is 12.2 Å². The first-order chi connectivity index (χ1) is 8.22. The van der Waals surface area contributed by atoms with Crippen molar-refractivity contribution in [2.45, 2.75) is 52.4 Å². The van der Waals surface area contributed by atoms with Crippen LogP contribution in [0.5, 0.6) is 0 Å². The normalized spacial score (nSPS) is 13.3. The van der Waals surface area contributed by atoms with Gasteiger partial charge >= 0.3 is 0 Å². The molecule has 17 heavy (non-hydrogen) atoms. The fraction of sp³-hybridized carbons (Fsp3) is 0.588. The van der Waals surface area contributed by atoms with Crippen LogP contribution in [0, 0.1) is 11.8 Å². The minimum Gasteiger partial charge on any atom is -0.130 e. The van der Waals surface area contributed by atoms with E-state index in [0.29, 0.717) is 11.8 Å². The maximum absolute atomic E-state index is 3.83. The molecule has 0 N–H and O–H groups in total. The van der Waals surface area contributed by atoms with Gasteiger partial charge in [0, 0.05) is 0 Å². The molecule has 0 saturated heterocycles. The van der Waals surface area contributed by atoms with E-state index >= 15 is 0 Å². The highest BCUT2D eigenvalue weighted by molar-refractivity contribution is 4.89. The van der Waals surface area contributed by atoms with E-state index in [1.54, 1.807) is 0 Å². The van der Waals surface area contributed by atoms with Crippen LogP contribution in [0.4, 0.5) is 0 Å². The summed E-state index contributed by atoms with van der Waals surface area (Å²) >= 11 is 0. The third kappa shape index (κ3) is 9.90. The molecule has 0 aliphatic carbocycles. The largest absolute Gasteiger partial charge is 0.130 e. The van der Waals surface area contributed by atoms with Gasteiger partial charge in [0.25, 0.3) is 0 Å². The third-order valence-electron chi connectivity index (χ3n) is 3.25. The van der Waals surface area contributed by atoms with Crippen molar-refractivity contribution in [2.75, 3.05) is 0 Å². The minimum atomic E-state index is 0.590. The summed E-state index contributed by atoms with van der Waals surface area (Å²) in [6.45, 7) is 12.0. The highest BCUT2D eigenvalue weighted by atomic mass is 14.1. The minimum absolute atomic E-state index is 0.590. The highest BCUT2D eigenvalue weighted by Crippen LogP contribution is 2.15. The fourth-order valence-corrected chi connectivity index (χ4v) is 1.58. The zero-order valence-corrected chi connectivity index (χ0v) is 11.6. The molecule has 0 aromatic heterocycles. The Morgan fingerprint density at radius 3 is 2.35 bits per heavy atom. The second kappa shape index (κ2) is 11.5. The van der Waals surface area contributed by atoms with E-state index in [2.05, 4.69) is 44.9 Å². The van der Waals surface area contributed by atoms with Crippen molar-refractivity contribution in [3.8, 4) is 0 Å². The predicted octanol–water partition coefficient (Wildman–Crippen LogP) is 5.68. The van der Waals surface area contributed by atoms with E-state index in [-0.39, 0.29) is 0 Å². The molecule has 0 aliphatic heterocycles. The Balaban J connectivity index is 3.56. The van der Waals surface area contributed by atoms with Crippen LogP contribution in [0.15, 0.2) is 43.2 Å². The molecule has 0 radical (unpaired) electrons. The van der Waals surface area contributed by atoms with E-state index in [1.165, 1.54) is 19.3 Å². The van der Waals surface area contributed by atoms with Crippen molar-refractivity contribution >= 4 is 0 Å². The first kappa shape index (κ1) is 16.0. The predicted molar refractivity (Wildman–Crippen MR) is 79.1 cm³/mol. The first-order valence-corrected chi connectivity index (χ1v) is 6.85. The number of unbranched alkanes of at least 4 members (excludes halogenated alkanes) is 4. The molecule has 0 aromatic carbocycles. The lowest BCUT2D eigenvalue weighted by molar-refractivity contribution is 0.466. The molecule has 0 spiro atoms. The lowest BCUT2D eigenvalue weighted by Gasteiger charge is -2.12. The van der Waals surface area contributed by atoms with Gasteiger partial charge < -0.3 is 0 Å². The molecular weight excluding hydrogens is 204 g/mol. The van der Waals surface area contributed by atoms with E-state index in [4.69, 9.17) is 0 Å². The molecule has 0 nitrogen and oxygen atoms in total. The zero-order valence-electron chi connectivity index (χ0n) is 11.6. The van der Waals surface area contributed by atoms with Crippen molar-refractivity contribution < 1.29 is 0 Å². The molecule has 0 aliphatic rings. The lowest BCUT2D eigenvalue weighted by atomic mass is 9.93. The molecule has 0 rings (SSSR count). The average molecular weight is 232 g/mol. The summed E-state index contributed by atoms with van der Waals surface area (Å²) in [6, 6.07) is 0. The smallest absolute Gasteiger partial charge is 0.0236 e. The van der Waals surface area contributed by atoms with Crippen molar-refractivity contribution in [2.24, 2.45) is 11.8 Å². The van der Waals surface area contributed by atoms with Crippen LogP contribution < -0.4 is 0 Å². The lowest BCUT2D eigenvalue weighted by Crippen LogP contribution is -2.02. The van der Waals surface area contributed by atoms with Crippen molar-refractivity contribution in [3.05, 3.63) is 43.2 Å². The Bertz CT molecular complexity index is 253. The Kier molecular flexibility index (Phi) is 10.8. The first-order valence-electron chi connectivity index (χ1n) is 6.85. The van der Waals surface area contributed by atoms with Crippen LogP contribution in [-0.4, -0.2) is 0 Å². The van der Waals surface area contributed by atoms with Crippen molar-refractivity contribution in [1.82, 2.24) is 0 Å². The second-order valence-electron chi connectivity index (χ2n) is 4.81. The van der Waals surface area contributed by atoms with Gasteiger partial charge in [-0.15, -0.1) is 18.9 Å². The topological polar surface area (TPSA) is 0 Å². The summed E-state index contributed by atoms with van der Waals surface area (Å²) in [5.41, 5.74) is 3.28. The van der Waals surface area contributed by atoms with E-state index in [9.17, 15) is 0 Å². The summed E-state index contributed by atoms with van der Waals surface area (Å²) in [7, 11) is 0. The molecule has 2 unspecified atom stereocenters. The van der Waals surface area contributed by atoms with Gasteiger partial charge in [-0.1, -0.05) is 32.4 Å². The van der Waals surface area contributed by atoms with Gasteiger partial charge in [0.05, 0.1) is 0 Å². The summed E-state index contributed by atoms with van der Waals surface area (Å²) in [5.74, 6) is 1.26. The van der Waals surface area contributed by atoms with Crippen LogP contribution in [-0.2, 0) is 0 Å². The summed E-state index contributed by atoms with van der Waals surface area (Å²) < 4.78 is 0. The Morgan fingerprint density at radius 1 is 1.00 bits per heavy atom. The zero-order chi connectivity index (χ0) is 12.9. The van der Waals surface area contributed by atoms with Crippen LogP contribution >= 0.6 is 0 Å². The Hall–Kier alpha value is -1.00. The maximum atomic E-state index is 3.83. The number of rotatable bonds is 10. The van der Waals surface area contributed by atoms with Gasteiger partial charge in [0.1, 0.15) is 0 Å².